The third-order valence-corrected chi connectivity index (χ3v) is 2.44. The van der Waals surface area contributed by atoms with Crippen molar-refractivity contribution in [3.63, 3.8) is 0 Å². The zero-order valence-corrected chi connectivity index (χ0v) is 11.3. The fourth-order valence-electron chi connectivity index (χ4n) is 1.25. The summed E-state index contributed by atoms with van der Waals surface area (Å²) in [7, 11) is 1.47. The Hall–Kier alpha value is -0.890. The van der Waals surface area contributed by atoms with Crippen molar-refractivity contribution in [2.24, 2.45) is 0 Å². The van der Waals surface area contributed by atoms with E-state index in [1.54, 1.807) is 0 Å². The molecule has 4 N–H and O–H groups in total. The highest BCUT2D eigenvalue weighted by molar-refractivity contribution is 5.73. The van der Waals surface area contributed by atoms with Gasteiger partial charge < -0.3 is 20.3 Å². The van der Waals surface area contributed by atoms with Crippen molar-refractivity contribution in [3.05, 3.63) is 0 Å². The second-order valence-corrected chi connectivity index (χ2v) is 4.08. The van der Waals surface area contributed by atoms with Crippen LogP contribution in [0.15, 0.2) is 0 Å². The SMILES string of the molecule is CCC(O)CN(CC(O)CC)NC(=O)NCOC. The molecule has 0 saturated carbocycles. The molecule has 0 aromatic carbocycles. The van der Waals surface area contributed by atoms with Crippen LogP contribution in [0.4, 0.5) is 4.79 Å². The Kier molecular flexibility index (Phi) is 9.57. The molecule has 0 bridgehead atoms. The number of hydrazine groups is 1. The first-order valence-corrected chi connectivity index (χ1v) is 6.17. The fraction of sp³-hybridized carbons (Fsp3) is 0.909. The van der Waals surface area contributed by atoms with Gasteiger partial charge in [-0.25, -0.2) is 9.80 Å². The molecular formula is C11H25N3O4. The van der Waals surface area contributed by atoms with Crippen LogP contribution in [0.25, 0.3) is 0 Å². The van der Waals surface area contributed by atoms with Crippen LogP contribution >= 0.6 is 0 Å². The molecule has 0 fully saturated rings. The lowest BCUT2D eigenvalue weighted by Crippen LogP contribution is -2.52. The third kappa shape index (κ3) is 8.24. The minimum atomic E-state index is -0.545. The van der Waals surface area contributed by atoms with Gasteiger partial charge in [-0.15, -0.1) is 0 Å². The van der Waals surface area contributed by atoms with Crippen LogP contribution in [0, 0.1) is 0 Å². The number of carbonyl (C=O) groups is 1. The standard InChI is InChI=1S/C11H25N3O4/c1-4-9(15)6-14(7-10(16)5-2)13-11(17)12-8-18-3/h9-10,15-16H,4-8H2,1-3H3,(H2,12,13,17). The molecule has 0 heterocycles. The molecular weight excluding hydrogens is 238 g/mol. The van der Waals surface area contributed by atoms with Gasteiger partial charge in [0.2, 0.25) is 0 Å². The molecule has 0 aromatic rings. The summed E-state index contributed by atoms with van der Waals surface area (Å²) in [6.07, 6.45) is 0.0776. The highest BCUT2D eigenvalue weighted by atomic mass is 16.5. The minimum absolute atomic E-state index is 0.104. The van der Waals surface area contributed by atoms with Crippen molar-refractivity contribution in [2.45, 2.75) is 38.9 Å². The zero-order chi connectivity index (χ0) is 14.0. The Balaban J connectivity index is 4.22. The van der Waals surface area contributed by atoms with Crippen LogP contribution < -0.4 is 10.7 Å². The van der Waals surface area contributed by atoms with Gasteiger partial charge in [-0.2, -0.15) is 0 Å². The average Bonchev–Trinajstić information content (AvgIpc) is 2.35. The maximum atomic E-state index is 11.4. The van der Waals surface area contributed by atoms with E-state index in [4.69, 9.17) is 4.74 Å². The first-order chi connectivity index (χ1) is 8.53. The molecule has 108 valence electrons. The molecule has 7 heteroatoms. The van der Waals surface area contributed by atoms with Gasteiger partial charge in [0.1, 0.15) is 6.73 Å². The molecule has 7 nitrogen and oxygen atoms in total. The number of hydrogen-bond donors (Lipinski definition) is 4. The quantitative estimate of drug-likeness (QED) is 0.337. The number of ether oxygens (including phenoxy) is 1. The first-order valence-electron chi connectivity index (χ1n) is 6.17. The molecule has 0 radical (unpaired) electrons. The summed E-state index contributed by atoms with van der Waals surface area (Å²) in [5.41, 5.74) is 2.57. The molecule has 0 aliphatic heterocycles. The van der Waals surface area contributed by atoms with Gasteiger partial charge in [0, 0.05) is 20.2 Å². The Labute approximate surface area is 108 Å². The highest BCUT2D eigenvalue weighted by Crippen LogP contribution is 1.98. The Morgan fingerprint density at radius 2 is 1.72 bits per heavy atom. The Bertz CT molecular complexity index is 216. The maximum Gasteiger partial charge on any atom is 0.331 e. The van der Waals surface area contributed by atoms with E-state index in [1.165, 1.54) is 12.1 Å². The van der Waals surface area contributed by atoms with Crippen molar-refractivity contribution in [1.29, 1.82) is 0 Å². The van der Waals surface area contributed by atoms with Crippen molar-refractivity contribution < 1.29 is 19.7 Å². The van der Waals surface area contributed by atoms with Crippen LogP contribution in [0.1, 0.15) is 26.7 Å². The highest BCUT2D eigenvalue weighted by Gasteiger charge is 2.15. The van der Waals surface area contributed by atoms with E-state index in [2.05, 4.69) is 10.7 Å². The summed E-state index contributed by atoms with van der Waals surface area (Å²) in [4.78, 5) is 11.4. The van der Waals surface area contributed by atoms with Gasteiger partial charge in [0.15, 0.2) is 0 Å². The average molecular weight is 263 g/mol. The number of aliphatic hydroxyl groups excluding tert-OH is 2. The molecule has 0 aromatic heterocycles. The summed E-state index contributed by atoms with van der Waals surface area (Å²) < 4.78 is 4.71. The number of nitrogens with zero attached hydrogens (tertiary/aromatic N) is 1. The van der Waals surface area contributed by atoms with Crippen LogP contribution in [0.3, 0.4) is 0 Å². The largest absolute Gasteiger partial charge is 0.392 e. The van der Waals surface area contributed by atoms with Crippen molar-refractivity contribution in [3.8, 4) is 0 Å². The number of amides is 2. The maximum absolute atomic E-state index is 11.4. The molecule has 0 saturated heterocycles. The molecule has 2 amide bonds. The second-order valence-electron chi connectivity index (χ2n) is 4.08. The van der Waals surface area contributed by atoms with Crippen LogP contribution in [0.2, 0.25) is 0 Å². The second kappa shape index (κ2) is 10.1. The fourth-order valence-corrected chi connectivity index (χ4v) is 1.25. The van der Waals surface area contributed by atoms with Crippen LogP contribution in [-0.2, 0) is 4.74 Å². The lowest BCUT2D eigenvalue weighted by Gasteiger charge is -2.27. The number of urea groups is 1. The van der Waals surface area contributed by atoms with E-state index in [0.717, 1.165) is 0 Å². The smallest absolute Gasteiger partial charge is 0.331 e. The summed E-state index contributed by atoms with van der Waals surface area (Å²) in [6, 6.07) is -0.427. The number of hydrogen-bond acceptors (Lipinski definition) is 5. The molecule has 18 heavy (non-hydrogen) atoms. The van der Waals surface area contributed by atoms with E-state index in [0.29, 0.717) is 12.8 Å². The summed E-state index contributed by atoms with van der Waals surface area (Å²) in [5.74, 6) is 0. The predicted molar refractivity (Wildman–Crippen MR) is 67.7 cm³/mol. The van der Waals surface area contributed by atoms with E-state index < -0.39 is 18.2 Å². The number of methoxy groups -OCH3 is 1. The summed E-state index contributed by atoms with van der Waals surface area (Å²) in [5, 5.41) is 23.1. The molecule has 0 aliphatic rings. The minimum Gasteiger partial charge on any atom is -0.392 e. The number of rotatable bonds is 9. The first kappa shape index (κ1) is 17.1. The Morgan fingerprint density at radius 1 is 1.22 bits per heavy atom. The van der Waals surface area contributed by atoms with Crippen molar-refractivity contribution in [1.82, 2.24) is 15.8 Å². The monoisotopic (exact) mass is 263 g/mol. The summed E-state index contributed by atoms with van der Waals surface area (Å²) in [6.45, 7) is 4.35. The lowest BCUT2D eigenvalue weighted by molar-refractivity contribution is 0.0442. The Morgan fingerprint density at radius 3 is 2.11 bits per heavy atom. The number of nitrogens with one attached hydrogen (secondary N) is 2. The topological polar surface area (TPSA) is 94.1 Å². The van der Waals surface area contributed by atoms with E-state index in [1.807, 2.05) is 13.8 Å². The van der Waals surface area contributed by atoms with Gasteiger partial charge in [0.05, 0.1) is 12.2 Å². The molecule has 0 aliphatic carbocycles. The van der Waals surface area contributed by atoms with Crippen molar-refractivity contribution in [2.75, 3.05) is 26.9 Å². The molecule has 0 spiro atoms. The third-order valence-electron chi connectivity index (χ3n) is 2.44. The summed E-state index contributed by atoms with van der Waals surface area (Å²) >= 11 is 0. The van der Waals surface area contributed by atoms with Gasteiger partial charge in [-0.05, 0) is 12.8 Å². The van der Waals surface area contributed by atoms with Gasteiger partial charge in [-0.1, -0.05) is 13.8 Å². The lowest BCUT2D eigenvalue weighted by atomic mass is 10.2. The zero-order valence-electron chi connectivity index (χ0n) is 11.3. The van der Waals surface area contributed by atoms with Gasteiger partial charge in [0.25, 0.3) is 0 Å². The predicted octanol–water partition coefficient (Wildman–Crippen LogP) is -0.352. The van der Waals surface area contributed by atoms with Crippen LogP contribution in [-0.4, -0.2) is 60.4 Å². The van der Waals surface area contributed by atoms with E-state index >= 15 is 0 Å². The number of aliphatic hydroxyl groups is 2. The number of carbonyl (C=O) groups excluding carboxylic acids is 1. The molecule has 2 unspecified atom stereocenters. The molecule has 2 atom stereocenters. The van der Waals surface area contributed by atoms with Gasteiger partial charge >= 0.3 is 6.03 Å². The van der Waals surface area contributed by atoms with Gasteiger partial charge in [-0.3, -0.25) is 5.43 Å². The normalized spacial score (nSPS) is 14.3. The van der Waals surface area contributed by atoms with E-state index in [9.17, 15) is 15.0 Å². The van der Waals surface area contributed by atoms with Crippen LogP contribution in [0.5, 0.6) is 0 Å². The molecule has 0 rings (SSSR count). The van der Waals surface area contributed by atoms with Crippen molar-refractivity contribution >= 4 is 6.03 Å². The van der Waals surface area contributed by atoms with E-state index in [-0.39, 0.29) is 19.8 Å².